The first kappa shape index (κ1) is 48.0. The highest BCUT2D eigenvalue weighted by Gasteiger charge is 2.52. The molecule has 9 aromatic carbocycles. The van der Waals surface area contributed by atoms with Gasteiger partial charge in [-0.3, -0.25) is 0 Å². The van der Waals surface area contributed by atoms with Gasteiger partial charge >= 0.3 is 0 Å². The summed E-state index contributed by atoms with van der Waals surface area (Å²) in [5.74, 6) is 5.63. The van der Waals surface area contributed by atoms with Crippen LogP contribution in [0.2, 0.25) is 0 Å². The first-order valence-corrected chi connectivity index (χ1v) is 28.0. The fourth-order valence-electron chi connectivity index (χ4n) is 13.0. The van der Waals surface area contributed by atoms with Crippen LogP contribution >= 0.6 is 0 Å². The second-order valence-corrected chi connectivity index (χ2v) is 23.7. The van der Waals surface area contributed by atoms with Gasteiger partial charge in [-0.1, -0.05) is 189 Å². The third-order valence-corrected chi connectivity index (χ3v) is 16.0. The first-order chi connectivity index (χ1) is 36.9. The Hall–Kier alpha value is -7.69. The van der Waals surface area contributed by atoms with Gasteiger partial charge in [-0.15, -0.1) is 0 Å². The van der Waals surface area contributed by atoms with Gasteiger partial charge in [0, 0.05) is 33.7 Å². The molecule has 374 valence electrons. The lowest BCUT2D eigenvalue weighted by molar-refractivity contribution is 0.477. The van der Waals surface area contributed by atoms with Crippen molar-refractivity contribution in [2.75, 3.05) is 9.80 Å². The number of anilines is 6. The molecule has 6 heteroatoms. The van der Waals surface area contributed by atoms with Crippen LogP contribution in [0.4, 0.5) is 34.1 Å². The summed E-state index contributed by atoms with van der Waals surface area (Å²) in [7, 11) is 0. The van der Waals surface area contributed by atoms with Gasteiger partial charge in [-0.25, -0.2) is 0 Å². The number of hydrogen-bond acceptors (Lipinski definition) is 4. The van der Waals surface area contributed by atoms with Gasteiger partial charge in [0.2, 0.25) is 0 Å². The quantitative estimate of drug-likeness (QED) is 0.114. The molecule has 4 aliphatic rings. The topological polar surface area (TPSA) is 24.9 Å². The van der Waals surface area contributed by atoms with Crippen molar-refractivity contribution in [1.82, 2.24) is 0 Å². The Morgan fingerprint density at radius 3 is 1.07 bits per heavy atom. The molecule has 4 nitrogen and oxygen atoms in total. The average Bonchev–Trinajstić information content (AvgIpc) is 3.43. The number of hydrogen-bond donors (Lipinski definition) is 0. The van der Waals surface area contributed by atoms with E-state index >= 15 is 0 Å². The molecule has 0 spiro atoms. The normalized spacial score (nSPS) is 13.5. The minimum Gasteiger partial charge on any atom is -0.456 e. The number of benzene rings is 9. The predicted molar refractivity (Wildman–Crippen MR) is 323 cm³/mol. The summed E-state index contributed by atoms with van der Waals surface area (Å²) in [6, 6.07) is 68.6. The molecule has 13 rings (SSSR count). The van der Waals surface area contributed by atoms with Crippen molar-refractivity contribution in [1.29, 1.82) is 0 Å². The van der Waals surface area contributed by atoms with Crippen LogP contribution in [0, 0.1) is 23.7 Å². The fraction of sp³-hybridized carbons (Fsp3) is 0.229. The van der Waals surface area contributed by atoms with E-state index in [1.165, 1.54) is 44.6 Å². The van der Waals surface area contributed by atoms with Gasteiger partial charge < -0.3 is 19.3 Å². The standard InChI is InChI=1S/C70H66B2N2O2/c1-43(2)35-47-19-27-55(28-20-47)73-61-33-23-49(37-45(5)6)39-59(61)71-57-31-25-54(52-17-13-10-14-18-52)42-64(57)76-70-65(71)67(73)69-66-68(70)74(56-29-21-48(22-30-56)36-44(3)4)62-34-24-50(38-46(7)8)40-60(62)72(66)58-32-26-53(41-63(58)75-69)51-15-11-9-12-16-51/h9-34,39-46H,35-38H2,1-8H3. The van der Waals surface area contributed by atoms with E-state index in [1.807, 2.05) is 0 Å². The molecule has 0 saturated heterocycles. The molecule has 4 heterocycles. The molecule has 0 radical (unpaired) electrons. The Kier molecular flexibility index (Phi) is 12.1. The second kappa shape index (κ2) is 19.2. The van der Waals surface area contributed by atoms with Crippen LogP contribution in [0.3, 0.4) is 0 Å². The third-order valence-electron chi connectivity index (χ3n) is 16.0. The molecule has 0 amide bonds. The summed E-state index contributed by atoms with van der Waals surface area (Å²) in [6.07, 6.45) is 4.00. The van der Waals surface area contributed by atoms with Gasteiger partial charge in [0.15, 0.2) is 0 Å². The lowest BCUT2D eigenvalue weighted by atomic mass is 9.31. The van der Waals surface area contributed by atoms with Crippen LogP contribution in [0.1, 0.15) is 77.6 Å². The summed E-state index contributed by atoms with van der Waals surface area (Å²) in [4.78, 5) is 5.06. The summed E-state index contributed by atoms with van der Waals surface area (Å²) >= 11 is 0. The maximum absolute atomic E-state index is 7.87. The summed E-state index contributed by atoms with van der Waals surface area (Å²) in [6.45, 7) is 18.2. The third kappa shape index (κ3) is 8.33. The molecule has 0 saturated carbocycles. The zero-order valence-corrected chi connectivity index (χ0v) is 45.3. The van der Waals surface area contributed by atoms with Gasteiger partial charge in [-0.05, 0) is 164 Å². The number of nitrogens with zero attached hydrogens (tertiary/aromatic N) is 2. The Labute approximate surface area is 451 Å². The van der Waals surface area contributed by atoms with Crippen molar-refractivity contribution in [3.8, 4) is 45.3 Å². The van der Waals surface area contributed by atoms with Crippen molar-refractivity contribution >= 4 is 80.3 Å². The van der Waals surface area contributed by atoms with E-state index < -0.39 is 0 Å². The average molecular weight is 989 g/mol. The molecule has 0 fully saturated rings. The summed E-state index contributed by atoms with van der Waals surface area (Å²) in [5, 5.41) is 0. The maximum Gasteiger partial charge on any atom is 0.256 e. The fourth-order valence-corrected chi connectivity index (χ4v) is 13.0. The van der Waals surface area contributed by atoms with E-state index in [0.29, 0.717) is 23.7 Å². The van der Waals surface area contributed by atoms with Crippen LogP contribution in [-0.4, -0.2) is 13.4 Å². The number of fused-ring (bicyclic) bond motifs is 10. The van der Waals surface area contributed by atoms with Gasteiger partial charge in [0.05, 0.1) is 11.4 Å². The Morgan fingerprint density at radius 2 is 0.697 bits per heavy atom. The first-order valence-electron chi connectivity index (χ1n) is 28.0. The minimum absolute atomic E-state index is 0.164. The lowest BCUT2D eigenvalue weighted by Gasteiger charge is -2.47. The number of rotatable bonds is 12. The molecule has 0 unspecified atom stereocenters. The van der Waals surface area contributed by atoms with E-state index in [-0.39, 0.29) is 13.4 Å². The molecule has 0 aromatic heterocycles. The van der Waals surface area contributed by atoms with Crippen LogP contribution in [-0.2, 0) is 25.7 Å². The molecular weight excluding hydrogens is 922 g/mol. The van der Waals surface area contributed by atoms with Crippen molar-refractivity contribution in [3.63, 3.8) is 0 Å². The zero-order chi connectivity index (χ0) is 51.9. The minimum atomic E-state index is -0.164. The van der Waals surface area contributed by atoms with Crippen LogP contribution < -0.4 is 52.1 Å². The smallest absolute Gasteiger partial charge is 0.256 e. The van der Waals surface area contributed by atoms with E-state index in [0.717, 1.165) is 116 Å². The zero-order valence-electron chi connectivity index (χ0n) is 45.3. The summed E-state index contributed by atoms with van der Waals surface area (Å²) < 4.78 is 15.7. The van der Waals surface area contributed by atoms with Crippen LogP contribution in [0.15, 0.2) is 182 Å². The van der Waals surface area contributed by atoms with Crippen molar-refractivity contribution < 1.29 is 9.47 Å². The molecule has 9 aromatic rings. The van der Waals surface area contributed by atoms with E-state index in [1.54, 1.807) is 0 Å². The van der Waals surface area contributed by atoms with Gasteiger partial charge in [0.1, 0.15) is 23.0 Å². The van der Waals surface area contributed by atoms with E-state index in [2.05, 4.69) is 247 Å². The van der Waals surface area contributed by atoms with E-state index in [9.17, 15) is 0 Å². The maximum atomic E-state index is 7.87. The lowest BCUT2D eigenvalue weighted by Crippen LogP contribution is -2.64. The SMILES string of the molecule is CC(C)Cc1ccc(N2c3ccc(CC(C)C)cc3B3c4ccc(-c5ccccc5)cc4Oc4c3c2c2c3c4N(c4ccc(CC(C)C)cc4)c4ccc(CC(C)C)cc4B3c3ccc(-c4ccccc4)cc3O2)cc1. The molecular formula is C70H66B2N2O2. The Balaban J connectivity index is 1.17. The number of ether oxygens (including phenoxy) is 2. The van der Waals surface area contributed by atoms with Crippen molar-refractivity contribution in [3.05, 3.63) is 204 Å². The van der Waals surface area contributed by atoms with Crippen molar-refractivity contribution in [2.45, 2.75) is 81.1 Å². The van der Waals surface area contributed by atoms with Gasteiger partial charge in [0.25, 0.3) is 13.4 Å². The van der Waals surface area contributed by atoms with Crippen LogP contribution in [0.5, 0.6) is 23.0 Å². The second-order valence-electron chi connectivity index (χ2n) is 23.7. The predicted octanol–water partition coefficient (Wildman–Crippen LogP) is 14.6. The van der Waals surface area contributed by atoms with Crippen molar-refractivity contribution in [2.24, 2.45) is 23.7 Å². The highest BCUT2D eigenvalue weighted by molar-refractivity contribution is 7.02. The highest BCUT2D eigenvalue weighted by Crippen LogP contribution is 2.54. The molecule has 4 aliphatic heterocycles. The monoisotopic (exact) mass is 989 g/mol. The Morgan fingerprint density at radius 1 is 0.342 bits per heavy atom. The molecule has 0 N–H and O–H groups in total. The highest BCUT2D eigenvalue weighted by atomic mass is 16.5. The van der Waals surface area contributed by atoms with Crippen LogP contribution in [0.25, 0.3) is 22.3 Å². The molecule has 0 bridgehead atoms. The van der Waals surface area contributed by atoms with Gasteiger partial charge in [-0.2, -0.15) is 0 Å². The molecule has 0 atom stereocenters. The Bertz CT molecular complexity index is 3430. The summed E-state index contributed by atoms with van der Waals surface area (Å²) in [5.41, 5.74) is 23.7. The molecule has 0 aliphatic carbocycles. The molecule has 76 heavy (non-hydrogen) atoms. The largest absolute Gasteiger partial charge is 0.456 e. The van der Waals surface area contributed by atoms with E-state index in [4.69, 9.17) is 9.47 Å².